The van der Waals surface area contributed by atoms with E-state index in [9.17, 15) is 4.39 Å². The Kier molecular flexibility index (Phi) is 5.31. The van der Waals surface area contributed by atoms with E-state index in [0.717, 1.165) is 17.8 Å². The Bertz CT molecular complexity index is 632. The summed E-state index contributed by atoms with van der Waals surface area (Å²) in [4.78, 5) is 4.49. The zero-order valence-electron chi connectivity index (χ0n) is 12.3. The second kappa shape index (κ2) is 7.00. The Balaban J connectivity index is 2.36. The molecule has 0 unspecified atom stereocenters. The smallest absolute Gasteiger partial charge is 0.219 e. The second-order valence-corrected chi connectivity index (χ2v) is 5.95. The second-order valence-electron chi connectivity index (χ2n) is 5.10. The maximum Gasteiger partial charge on any atom is 0.219 e. The molecule has 0 aliphatic heterocycles. The van der Waals surface area contributed by atoms with E-state index in [2.05, 4.69) is 46.1 Å². The summed E-state index contributed by atoms with van der Waals surface area (Å²) in [6.45, 7) is 4.88. The van der Waals surface area contributed by atoms with Gasteiger partial charge in [0.25, 0.3) is 0 Å². The lowest BCUT2D eigenvalue weighted by atomic mass is 10.1. The lowest BCUT2D eigenvalue weighted by molar-refractivity contribution is 0.451. The highest BCUT2D eigenvalue weighted by molar-refractivity contribution is 9.10. The highest BCUT2D eigenvalue weighted by atomic mass is 79.9. The third-order valence-electron chi connectivity index (χ3n) is 2.96. The van der Waals surface area contributed by atoms with E-state index in [1.54, 1.807) is 6.07 Å². The van der Waals surface area contributed by atoms with Gasteiger partial charge in [0.05, 0.1) is 4.47 Å². The average molecular weight is 353 g/mol. The van der Waals surface area contributed by atoms with E-state index in [1.165, 1.54) is 12.1 Å². The van der Waals surface area contributed by atoms with Crippen molar-refractivity contribution in [2.24, 2.45) is 0 Å². The van der Waals surface area contributed by atoms with Gasteiger partial charge in [-0.05, 0) is 52.7 Å². The maximum absolute atomic E-state index is 13.3. The highest BCUT2D eigenvalue weighted by Crippen LogP contribution is 2.30. The highest BCUT2D eigenvalue weighted by Gasteiger charge is 2.10. The molecule has 3 nitrogen and oxygen atoms in total. The molecule has 0 aliphatic rings. The van der Waals surface area contributed by atoms with Crippen LogP contribution in [0.5, 0.6) is 11.6 Å². The standard InChI is InChI=1S/C16H18BrFN2O/c1-10(2)14-6-11(9-19-3)7-16(20-14)21-15-8-12(18)4-5-13(15)17/h4-8,10,19H,9H2,1-3H3. The molecule has 1 heterocycles. The summed E-state index contributed by atoms with van der Waals surface area (Å²) in [7, 11) is 1.89. The van der Waals surface area contributed by atoms with Crippen LogP contribution in [0.25, 0.3) is 0 Å². The van der Waals surface area contributed by atoms with Gasteiger partial charge in [0, 0.05) is 24.4 Å². The third-order valence-corrected chi connectivity index (χ3v) is 3.62. The number of aromatic nitrogens is 1. The molecular formula is C16H18BrFN2O. The molecule has 0 bridgehead atoms. The SMILES string of the molecule is CNCc1cc(Oc2cc(F)ccc2Br)nc(C(C)C)c1. The number of pyridine rings is 1. The first-order valence-electron chi connectivity index (χ1n) is 6.78. The molecule has 0 atom stereocenters. The molecule has 0 amide bonds. The van der Waals surface area contributed by atoms with E-state index in [0.29, 0.717) is 22.0 Å². The lowest BCUT2D eigenvalue weighted by Gasteiger charge is -2.12. The topological polar surface area (TPSA) is 34.1 Å². The summed E-state index contributed by atoms with van der Waals surface area (Å²) in [5.74, 6) is 0.834. The Labute approximate surface area is 132 Å². The van der Waals surface area contributed by atoms with Crippen LogP contribution in [0.15, 0.2) is 34.8 Å². The minimum atomic E-state index is -0.344. The monoisotopic (exact) mass is 352 g/mol. The summed E-state index contributed by atoms with van der Waals surface area (Å²) in [5.41, 5.74) is 2.03. The number of ether oxygens (including phenoxy) is 1. The van der Waals surface area contributed by atoms with Gasteiger partial charge in [0.1, 0.15) is 11.6 Å². The van der Waals surface area contributed by atoms with Gasteiger partial charge in [-0.3, -0.25) is 0 Å². The molecule has 112 valence electrons. The van der Waals surface area contributed by atoms with Crippen LogP contribution in [0.3, 0.4) is 0 Å². The van der Waals surface area contributed by atoms with Crippen LogP contribution in [-0.4, -0.2) is 12.0 Å². The van der Waals surface area contributed by atoms with E-state index >= 15 is 0 Å². The van der Waals surface area contributed by atoms with Crippen LogP contribution in [0.1, 0.15) is 31.0 Å². The van der Waals surface area contributed by atoms with Gasteiger partial charge in [0.2, 0.25) is 5.88 Å². The number of halogens is 2. The summed E-state index contributed by atoms with van der Waals surface area (Å²) in [5, 5.41) is 3.11. The molecule has 1 N–H and O–H groups in total. The van der Waals surface area contributed by atoms with E-state index in [4.69, 9.17) is 4.74 Å². The van der Waals surface area contributed by atoms with Crippen LogP contribution in [0.4, 0.5) is 4.39 Å². The van der Waals surface area contributed by atoms with Crippen molar-refractivity contribution in [3.8, 4) is 11.6 Å². The van der Waals surface area contributed by atoms with Gasteiger partial charge < -0.3 is 10.1 Å². The molecule has 1 aromatic carbocycles. The first-order chi connectivity index (χ1) is 9.99. The molecule has 0 saturated carbocycles. The van der Waals surface area contributed by atoms with Crippen LogP contribution in [0, 0.1) is 5.82 Å². The molecular weight excluding hydrogens is 335 g/mol. The van der Waals surface area contributed by atoms with Crippen molar-refractivity contribution in [2.75, 3.05) is 7.05 Å². The summed E-state index contributed by atoms with van der Waals surface area (Å²) in [6.07, 6.45) is 0. The van der Waals surface area contributed by atoms with Crippen LogP contribution >= 0.6 is 15.9 Å². The molecule has 0 aliphatic carbocycles. The van der Waals surface area contributed by atoms with Crippen LogP contribution in [0.2, 0.25) is 0 Å². The number of hydrogen-bond donors (Lipinski definition) is 1. The predicted octanol–water partition coefficient (Wildman–Crippen LogP) is 4.62. The Morgan fingerprint density at radius 3 is 2.71 bits per heavy atom. The van der Waals surface area contributed by atoms with Gasteiger partial charge in [-0.2, -0.15) is 0 Å². The van der Waals surface area contributed by atoms with Crippen molar-refractivity contribution in [1.82, 2.24) is 10.3 Å². The summed E-state index contributed by atoms with van der Waals surface area (Å²) in [6, 6.07) is 8.24. The molecule has 1 aromatic heterocycles. The van der Waals surface area contributed by atoms with Gasteiger partial charge in [0.15, 0.2) is 0 Å². The van der Waals surface area contributed by atoms with Crippen molar-refractivity contribution < 1.29 is 9.13 Å². The van der Waals surface area contributed by atoms with Crippen molar-refractivity contribution in [1.29, 1.82) is 0 Å². The number of hydrogen-bond acceptors (Lipinski definition) is 3. The van der Waals surface area contributed by atoms with Crippen molar-refractivity contribution in [3.05, 3.63) is 51.9 Å². The van der Waals surface area contributed by atoms with Crippen molar-refractivity contribution >= 4 is 15.9 Å². The van der Waals surface area contributed by atoms with E-state index in [1.807, 2.05) is 13.1 Å². The number of benzene rings is 1. The molecule has 0 radical (unpaired) electrons. The minimum Gasteiger partial charge on any atom is -0.438 e. The van der Waals surface area contributed by atoms with Gasteiger partial charge in [-0.1, -0.05) is 13.8 Å². The molecule has 2 aromatic rings. The summed E-state index contributed by atoms with van der Waals surface area (Å²) < 4.78 is 19.8. The fourth-order valence-electron chi connectivity index (χ4n) is 1.90. The van der Waals surface area contributed by atoms with Gasteiger partial charge in [-0.25, -0.2) is 9.37 Å². The Morgan fingerprint density at radius 1 is 1.29 bits per heavy atom. The maximum atomic E-state index is 13.3. The van der Waals surface area contributed by atoms with Crippen molar-refractivity contribution in [2.45, 2.75) is 26.3 Å². The summed E-state index contributed by atoms with van der Waals surface area (Å²) >= 11 is 3.35. The third kappa shape index (κ3) is 4.25. The molecule has 21 heavy (non-hydrogen) atoms. The van der Waals surface area contributed by atoms with Gasteiger partial charge in [-0.15, -0.1) is 0 Å². The first-order valence-corrected chi connectivity index (χ1v) is 7.57. The fourth-order valence-corrected chi connectivity index (χ4v) is 2.23. The van der Waals surface area contributed by atoms with E-state index in [-0.39, 0.29) is 5.82 Å². The molecule has 0 saturated heterocycles. The molecule has 5 heteroatoms. The first kappa shape index (κ1) is 15.9. The van der Waals surface area contributed by atoms with E-state index < -0.39 is 0 Å². The Hall–Kier alpha value is -1.46. The van der Waals surface area contributed by atoms with Crippen molar-refractivity contribution in [3.63, 3.8) is 0 Å². The molecule has 2 rings (SSSR count). The quantitative estimate of drug-likeness (QED) is 0.852. The Morgan fingerprint density at radius 2 is 2.05 bits per heavy atom. The predicted molar refractivity (Wildman–Crippen MR) is 85.3 cm³/mol. The molecule has 0 spiro atoms. The largest absolute Gasteiger partial charge is 0.438 e. The van der Waals surface area contributed by atoms with Crippen LogP contribution in [-0.2, 0) is 6.54 Å². The number of rotatable bonds is 5. The number of nitrogens with one attached hydrogen (secondary N) is 1. The minimum absolute atomic E-state index is 0.292. The van der Waals surface area contributed by atoms with Gasteiger partial charge >= 0.3 is 0 Å². The normalized spacial score (nSPS) is 11.0. The fraction of sp³-hybridized carbons (Fsp3) is 0.312. The van der Waals surface area contributed by atoms with Crippen LogP contribution < -0.4 is 10.1 Å². The number of nitrogens with zero attached hydrogens (tertiary/aromatic N) is 1. The lowest BCUT2D eigenvalue weighted by Crippen LogP contribution is -2.07. The zero-order chi connectivity index (χ0) is 15.4. The molecule has 0 fully saturated rings. The zero-order valence-corrected chi connectivity index (χ0v) is 13.9. The average Bonchev–Trinajstić information content (AvgIpc) is 2.43.